The summed E-state index contributed by atoms with van der Waals surface area (Å²) in [7, 11) is 1.45. The molecule has 0 aliphatic rings. The molecule has 0 bridgehead atoms. The van der Waals surface area contributed by atoms with E-state index >= 15 is 0 Å². The topological polar surface area (TPSA) is 102 Å². The molecule has 2 N–H and O–H groups in total. The van der Waals surface area contributed by atoms with Crippen LogP contribution in [0.2, 0.25) is 0 Å². The van der Waals surface area contributed by atoms with Crippen molar-refractivity contribution >= 4 is 5.57 Å². The first-order chi connectivity index (χ1) is 11.1. The Morgan fingerprint density at radius 1 is 1.26 bits per heavy atom. The molecule has 0 spiro atoms. The largest absolute Gasteiger partial charge is 0.504 e. The standard InChI is InChI=1S/C17H13N3O3/c1-20-15(11-19)16(14(10-18)4-3-9-23-2)12-5-7-13(8-6-12)17(21)22/h3-9,17,21-22H,2H3/b9-3+,14-4+,16-15+. The fourth-order valence-electron chi connectivity index (χ4n) is 1.77. The molecule has 0 heterocycles. The second-order valence-corrected chi connectivity index (χ2v) is 4.20. The smallest absolute Gasteiger partial charge is 0.270 e. The van der Waals surface area contributed by atoms with Gasteiger partial charge in [-0.2, -0.15) is 5.26 Å². The number of ether oxygens (including phenoxy) is 1. The normalized spacial score (nSPS) is 12.3. The van der Waals surface area contributed by atoms with Gasteiger partial charge in [-0.15, -0.1) is 0 Å². The Balaban J connectivity index is 3.51. The number of rotatable bonds is 5. The number of methoxy groups -OCH3 is 1. The number of nitriles is 2. The van der Waals surface area contributed by atoms with E-state index in [9.17, 15) is 5.26 Å². The lowest BCUT2D eigenvalue weighted by atomic mass is 9.95. The molecule has 6 nitrogen and oxygen atoms in total. The molecule has 1 rings (SSSR count). The Kier molecular flexibility index (Phi) is 6.78. The van der Waals surface area contributed by atoms with Gasteiger partial charge in [-0.25, -0.2) is 10.1 Å². The molecule has 0 amide bonds. The van der Waals surface area contributed by atoms with Gasteiger partial charge in [0.05, 0.1) is 37.7 Å². The van der Waals surface area contributed by atoms with Gasteiger partial charge in [0.2, 0.25) is 0 Å². The monoisotopic (exact) mass is 307 g/mol. The molecule has 0 radical (unpaired) electrons. The second-order valence-electron chi connectivity index (χ2n) is 4.20. The number of nitrogens with zero attached hydrogens (tertiary/aromatic N) is 3. The predicted octanol–water partition coefficient (Wildman–Crippen LogP) is 2.43. The lowest BCUT2D eigenvalue weighted by Crippen LogP contribution is -1.96. The predicted molar refractivity (Wildman–Crippen MR) is 82.6 cm³/mol. The second kappa shape index (κ2) is 8.81. The molecule has 0 saturated heterocycles. The van der Waals surface area contributed by atoms with Crippen LogP contribution in [0.1, 0.15) is 17.4 Å². The van der Waals surface area contributed by atoms with Gasteiger partial charge in [-0.1, -0.05) is 24.3 Å². The molecule has 23 heavy (non-hydrogen) atoms. The van der Waals surface area contributed by atoms with Gasteiger partial charge in [0.1, 0.15) is 0 Å². The average Bonchev–Trinajstić information content (AvgIpc) is 2.57. The summed E-state index contributed by atoms with van der Waals surface area (Å²) in [5.41, 5.74) is 0.755. The molecule has 0 aliphatic carbocycles. The molecule has 114 valence electrons. The Morgan fingerprint density at radius 3 is 2.35 bits per heavy atom. The van der Waals surface area contributed by atoms with E-state index < -0.39 is 6.29 Å². The minimum Gasteiger partial charge on any atom is -0.504 e. The van der Waals surface area contributed by atoms with Crippen LogP contribution in [-0.2, 0) is 4.74 Å². The highest BCUT2D eigenvalue weighted by molar-refractivity contribution is 5.88. The van der Waals surface area contributed by atoms with Crippen LogP contribution < -0.4 is 0 Å². The van der Waals surface area contributed by atoms with Crippen LogP contribution in [0.3, 0.4) is 0 Å². The van der Waals surface area contributed by atoms with Crippen molar-refractivity contribution in [2.75, 3.05) is 7.11 Å². The van der Waals surface area contributed by atoms with Gasteiger partial charge in [-0.3, -0.25) is 0 Å². The van der Waals surface area contributed by atoms with Gasteiger partial charge in [0.25, 0.3) is 5.70 Å². The SMILES string of the molecule is [C-]#[N+]/C(C#N)=C(/C(C#N)=C/C=C/OC)c1ccc(C(O)O)cc1. The van der Waals surface area contributed by atoms with E-state index in [1.807, 2.05) is 6.07 Å². The van der Waals surface area contributed by atoms with Crippen LogP contribution in [-0.4, -0.2) is 17.3 Å². The van der Waals surface area contributed by atoms with Crippen LogP contribution in [0.15, 0.2) is 53.9 Å². The van der Waals surface area contributed by atoms with Crippen LogP contribution in [0.5, 0.6) is 0 Å². The van der Waals surface area contributed by atoms with Gasteiger partial charge < -0.3 is 14.9 Å². The van der Waals surface area contributed by atoms with Gasteiger partial charge in [0.15, 0.2) is 6.29 Å². The number of allylic oxidation sites excluding steroid dienone is 5. The summed E-state index contributed by atoms with van der Waals surface area (Å²) in [5.74, 6) is 0. The van der Waals surface area contributed by atoms with Crippen molar-refractivity contribution in [3.05, 3.63) is 76.5 Å². The van der Waals surface area contributed by atoms with Crippen LogP contribution in [0, 0.1) is 29.2 Å². The summed E-state index contributed by atoms with van der Waals surface area (Å²) < 4.78 is 4.75. The van der Waals surface area contributed by atoms with E-state index in [1.165, 1.54) is 49.8 Å². The number of aliphatic hydroxyl groups excluding tert-OH is 1. The quantitative estimate of drug-likeness (QED) is 0.286. The summed E-state index contributed by atoms with van der Waals surface area (Å²) in [4.78, 5) is 3.16. The molecule has 0 unspecified atom stereocenters. The summed E-state index contributed by atoms with van der Waals surface area (Å²) in [6, 6.07) is 9.63. The summed E-state index contributed by atoms with van der Waals surface area (Å²) in [5, 5.41) is 36.7. The van der Waals surface area contributed by atoms with Gasteiger partial charge >= 0.3 is 0 Å². The maximum Gasteiger partial charge on any atom is 0.270 e. The summed E-state index contributed by atoms with van der Waals surface area (Å²) in [6.07, 6.45) is 2.63. The van der Waals surface area contributed by atoms with Crippen molar-refractivity contribution < 1.29 is 14.9 Å². The third kappa shape index (κ3) is 4.56. The lowest BCUT2D eigenvalue weighted by Gasteiger charge is -2.09. The van der Waals surface area contributed by atoms with Crippen molar-refractivity contribution in [3.63, 3.8) is 0 Å². The molecule has 0 saturated carbocycles. The molecule has 0 aromatic heterocycles. The maximum atomic E-state index is 9.32. The Hall–Kier alpha value is -3.37. The highest BCUT2D eigenvalue weighted by Gasteiger charge is 2.15. The molecule has 0 fully saturated rings. The van der Waals surface area contributed by atoms with E-state index in [0.29, 0.717) is 5.56 Å². The van der Waals surface area contributed by atoms with Crippen LogP contribution >= 0.6 is 0 Å². The molecular weight excluding hydrogens is 294 g/mol. The molecular formula is C17H13N3O3. The fraction of sp³-hybridized carbons (Fsp3) is 0.118. The van der Waals surface area contributed by atoms with Crippen LogP contribution in [0.4, 0.5) is 0 Å². The first-order valence-electron chi connectivity index (χ1n) is 6.37. The molecule has 1 aromatic carbocycles. The maximum absolute atomic E-state index is 9.32. The number of aliphatic hydroxyl groups is 2. The molecule has 0 atom stereocenters. The van der Waals surface area contributed by atoms with E-state index in [0.717, 1.165) is 0 Å². The summed E-state index contributed by atoms with van der Waals surface area (Å²) in [6.45, 7) is 7.12. The highest BCUT2D eigenvalue weighted by atomic mass is 16.5. The van der Waals surface area contributed by atoms with E-state index in [1.54, 1.807) is 6.07 Å². The van der Waals surface area contributed by atoms with Crippen molar-refractivity contribution in [1.29, 1.82) is 10.5 Å². The number of hydrogen-bond acceptors (Lipinski definition) is 5. The average molecular weight is 307 g/mol. The van der Waals surface area contributed by atoms with Crippen molar-refractivity contribution in [1.82, 2.24) is 0 Å². The zero-order valence-electron chi connectivity index (χ0n) is 12.3. The first-order valence-corrected chi connectivity index (χ1v) is 6.37. The Morgan fingerprint density at radius 2 is 1.91 bits per heavy atom. The van der Waals surface area contributed by atoms with Gasteiger partial charge in [-0.05, 0) is 17.7 Å². The number of benzene rings is 1. The number of hydrogen-bond donors (Lipinski definition) is 2. The zero-order chi connectivity index (χ0) is 17.2. The minimum absolute atomic E-state index is 0.114. The van der Waals surface area contributed by atoms with Crippen molar-refractivity contribution in [2.24, 2.45) is 0 Å². The van der Waals surface area contributed by atoms with Crippen LogP contribution in [0.25, 0.3) is 10.4 Å². The first kappa shape index (κ1) is 17.7. The van der Waals surface area contributed by atoms with Gasteiger partial charge in [0, 0.05) is 11.1 Å². The molecule has 0 aliphatic heterocycles. The molecule has 1 aromatic rings. The van der Waals surface area contributed by atoms with Crippen molar-refractivity contribution in [2.45, 2.75) is 6.29 Å². The Labute approximate surface area is 133 Å². The van der Waals surface area contributed by atoms with Crippen molar-refractivity contribution in [3.8, 4) is 12.1 Å². The summed E-state index contributed by atoms with van der Waals surface area (Å²) >= 11 is 0. The fourth-order valence-corrected chi connectivity index (χ4v) is 1.77. The van der Waals surface area contributed by atoms with E-state index in [2.05, 4.69) is 4.85 Å². The zero-order valence-corrected chi connectivity index (χ0v) is 12.3. The lowest BCUT2D eigenvalue weighted by molar-refractivity contribution is -0.0424. The highest BCUT2D eigenvalue weighted by Crippen LogP contribution is 2.28. The molecule has 6 heteroatoms. The van der Waals surface area contributed by atoms with E-state index in [-0.39, 0.29) is 22.4 Å². The third-order valence-electron chi connectivity index (χ3n) is 2.82. The Bertz CT molecular complexity index is 751. The third-order valence-corrected chi connectivity index (χ3v) is 2.82. The minimum atomic E-state index is -1.62. The van der Waals surface area contributed by atoms with E-state index in [4.69, 9.17) is 26.8 Å².